The second kappa shape index (κ2) is 9.21. The summed E-state index contributed by atoms with van der Waals surface area (Å²) in [5.74, 6) is 0. The molecule has 0 amide bonds. The maximum Gasteiger partial charge on any atom is 0.0409 e. The maximum atomic E-state index is 4.83. The lowest BCUT2D eigenvalue weighted by molar-refractivity contribution is -0.0129. The molecule has 2 atom stereocenters. The molecule has 0 fully saturated rings. The van der Waals surface area contributed by atoms with E-state index in [0.717, 1.165) is 28.5 Å². The topological polar surface area (TPSA) is 37.1 Å². The molecule has 0 N–H and O–H groups in total. The summed E-state index contributed by atoms with van der Waals surface area (Å²) in [5, 5.41) is 0. The summed E-state index contributed by atoms with van der Waals surface area (Å²) in [6.07, 6.45) is 0. The zero-order chi connectivity index (χ0) is 27.1. The van der Waals surface area contributed by atoms with Gasteiger partial charge < -0.3 is 0 Å². The normalized spacial score (nSPS) is 32.8. The first-order valence-corrected chi connectivity index (χ1v) is 12.7. The number of hydrogen-bond acceptors (Lipinski definition) is 3. The van der Waals surface area contributed by atoms with Gasteiger partial charge in [-0.1, -0.05) is 118 Å². The summed E-state index contributed by atoms with van der Waals surface area (Å²) in [6, 6.07) is 0. The van der Waals surface area contributed by atoms with Gasteiger partial charge in [-0.15, -0.1) is 0 Å². The van der Waals surface area contributed by atoms with Gasteiger partial charge in [-0.25, -0.2) is 0 Å². The third kappa shape index (κ3) is 3.78. The average Bonchev–Trinajstić information content (AvgIpc) is 2.69. The molecule has 0 aliphatic carbocycles. The van der Waals surface area contributed by atoms with E-state index in [9.17, 15) is 0 Å². The fourth-order valence-corrected chi connectivity index (χ4v) is 6.35. The molecule has 0 aromatic heterocycles. The predicted molar refractivity (Wildman–Crippen MR) is 165 cm³/mol. The van der Waals surface area contributed by atoms with Gasteiger partial charge >= 0.3 is 0 Å². The van der Waals surface area contributed by atoms with Gasteiger partial charge in [-0.3, -0.25) is 15.0 Å². The summed E-state index contributed by atoms with van der Waals surface area (Å²) in [7, 11) is 0. The molecule has 36 heavy (non-hydrogen) atoms. The highest BCUT2D eigenvalue weighted by molar-refractivity contribution is 6.01. The molecule has 0 saturated heterocycles. The molecule has 0 aromatic rings. The van der Waals surface area contributed by atoms with Gasteiger partial charge in [-0.05, 0) is 26.2 Å². The summed E-state index contributed by atoms with van der Waals surface area (Å²) in [5.41, 5.74) is 6.24. The Balaban J connectivity index is 0.000000682. The maximum absolute atomic E-state index is 4.83. The fraction of sp³-hybridized carbons (Fsp3) is 0.727. The standard InChI is InChI=1S/C18H28N2.C13H23N.2CH4/c1-11-15(5,6)17(9)14(4)20-12(2)16(7,8)18(17,10)13(3)19-11;1-9-11(3,4)13(7,8)12(5,6)10(2)14-9;;/h1,4H2,2-3,5-10H3;1H2,2-8H3;2*1H4. The van der Waals surface area contributed by atoms with E-state index in [0.29, 0.717) is 0 Å². The van der Waals surface area contributed by atoms with Gasteiger partial charge in [0.1, 0.15) is 0 Å². The van der Waals surface area contributed by atoms with Crippen LogP contribution in [0.25, 0.3) is 0 Å². The first-order chi connectivity index (χ1) is 14.9. The third-order valence-electron chi connectivity index (χ3n) is 12.1. The average molecular weight is 498 g/mol. The monoisotopic (exact) mass is 497 g/mol. The second-order valence-electron chi connectivity index (χ2n) is 13.8. The molecule has 0 saturated carbocycles. The first-order valence-electron chi connectivity index (χ1n) is 12.7. The van der Waals surface area contributed by atoms with E-state index >= 15 is 0 Å². The zero-order valence-electron chi connectivity index (χ0n) is 25.0. The van der Waals surface area contributed by atoms with E-state index in [1.807, 2.05) is 0 Å². The van der Waals surface area contributed by atoms with Gasteiger partial charge in [0, 0.05) is 66.7 Å². The van der Waals surface area contributed by atoms with Crippen LogP contribution in [0.3, 0.4) is 0 Å². The number of fused-ring (bicyclic) bond motifs is 1. The number of hydrogen-bond donors (Lipinski definition) is 0. The van der Waals surface area contributed by atoms with Crippen LogP contribution in [0.5, 0.6) is 0 Å². The first kappa shape index (κ1) is 34.2. The van der Waals surface area contributed by atoms with E-state index in [4.69, 9.17) is 9.98 Å². The second-order valence-corrected chi connectivity index (χ2v) is 13.8. The van der Waals surface area contributed by atoms with Crippen LogP contribution in [0.1, 0.15) is 119 Å². The molecule has 3 aliphatic rings. The number of nitrogens with zero attached hydrogens (tertiary/aromatic N) is 3. The van der Waals surface area contributed by atoms with Gasteiger partial charge in [0.2, 0.25) is 0 Å². The molecular formula is C33H59N3. The van der Waals surface area contributed by atoms with E-state index in [1.54, 1.807) is 0 Å². The fourth-order valence-electron chi connectivity index (χ4n) is 6.35. The summed E-state index contributed by atoms with van der Waals surface area (Å²) < 4.78 is 0. The van der Waals surface area contributed by atoms with Crippen molar-refractivity contribution in [2.45, 2.75) is 119 Å². The lowest BCUT2D eigenvalue weighted by Crippen LogP contribution is -2.65. The van der Waals surface area contributed by atoms with Crippen molar-refractivity contribution in [1.82, 2.24) is 0 Å². The summed E-state index contributed by atoms with van der Waals surface area (Å²) in [4.78, 5) is 14.3. The SMILES string of the molecule is C.C.C=C1N=C(C)C(C)(C)C(C)(C)C1(C)C.C=C1N=C(C)C2(C)C(C)(C)C(C)=NC(=C)C2(C)C1(C)C. The lowest BCUT2D eigenvalue weighted by Gasteiger charge is -2.65. The van der Waals surface area contributed by atoms with Gasteiger partial charge in [-0.2, -0.15) is 0 Å². The van der Waals surface area contributed by atoms with Gasteiger partial charge in [0.25, 0.3) is 0 Å². The smallest absolute Gasteiger partial charge is 0.0409 e. The molecule has 3 aliphatic heterocycles. The summed E-state index contributed by atoms with van der Waals surface area (Å²) >= 11 is 0. The quantitative estimate of drug-likeness (QED) is 0.319. The van der Waals surface area contributed by atoms with E-state index in [1.165, 1.54) is 5.71 Å². The van der Waals surface area contributed by atoms with E-state index in [-0.39, 0.29) is 52.8 Å². The minimum absolute atomic E-state index is 0. The van der Waals surface area contributed by atoms with Crippen LogP contribution >= 0.6 is 0 Å². The minimum atomic E-state index is -0.189. The van der Waals surface area contributed by atoms with E-state index < -0.39 is 0 Å². The lowest BCUT2D eigenvalue weighted by atomic mass is 9.40. The largest absolute Gasteiger partial charge is 0.262 e. The molecule has 0 aromatic carbocycles. The predicted octanol–water partition coefficient (Wildman–Crippen LogP) is 10.4. The van der Waals surface area contributed by atoms with Crippen molar-refractivity contribution >= 4 is 17.1 Å². The van der Waals surface area contributed by atoms with Crippen molar-refractivity contribution in [3.05, 3.63) is 36.8 Å². The Bertz CT molecular complexity index is 1040. The van der Waals surface area contributed by atoms with E-state index in [2.05, 4.69) is 129 Å². The van der Waals surface area contributed by atoms with Crippen molar-refractivity contribution in [3.8, 4) is 0 Å². The Kier molecular flexibility index (Phi) is 8.75. The van der Waals surface area contributed by atoms with Crippen molar-refractivity contribution in [3.63, 3.8) is 0 Å². The molecule has 0 bridgehead atoms. The Labute approximate surface area is 225 Å². The number of aliphatic imine (C=N–C) groups is 3. The van der Waals surface area contributed by atoms with Crippen LogP contribution in [0.4, 0.5) is 0 Å². The van der Waals surface area contributed by atoms with Crippen LogP contribution in [0.15, 0.2) is 51.8 Å². The highest BCUT2D eigenvalue weighted by Crippen LogP contribution is 2.69. The summed E-state index contributed by atoms with van der Waals surface area (Å²) in [6.45, 7) is 46.3. The third-order valence-corrected chi connectivity index (χ3v) is 12.1. The Morgan fingerprint density at radius 2 is 0.750 bits per heavy atom. The molecule has 3 nitrogen and oxygen atoms in total. The molecule has 206 valence electrons. The van der Waals surface area contributed by atoms with Crippen molar-refractivity contribution in [2.24, 2.45) is 52.9 Å². The van der Waals surface area contributed by atoms with Crippen molar-refractivity contribution < 1.29 is 0 Å². The number of rotatable bonds is 0. The molecule has 0 radical (unpaired) electrons. The minimum Gasteiger partial charge on any atom is -0.262 e. The number of allylic oxidation sites excluding steroid dienone is 3. The van der Waals surface area contributed by atoms with Crippen LogP contribution in [0.2, 0.25) is 0 Å². The molecule has 3 heterocycles. The molecule has 0 spiro atoms. The molecule has 2 unspecified atom stereocenters. The molecular weight excluding hydrogens is 438 g/mol. The van der Waals surface area contributed by atoms with Gasteiger partial charge in [0.05, 0.1) is 0 Å². The highest BCUT2D eigenvalue weighted by Gasteiger charge is 2.67. The van der Waals surface area contributed by atoms with Crippen LogP contribution in [0, 0.1) is 37.9 Å². The van der Waals surface area contributed by atoms with Crippen molar-refractivity contribution in [2.75, 3.05) is 0 Å². The Morgan fingerprint density at radius 1 is 0.417 bits per heavy atom. The molecule has 3 rings (SSSR count). The van der Waals surface area contributed by atoms with Crippen molar-refractivity contribution in [1.29, 1.82) is 0 Å². The Hall–Kier alpha value is -1.77. The van der Waals surface area contributed by atoms with Crippen LogP contribution in [-0.2, 0) is 0 Å². The van der Waals surface area contributed by atoms with Gasteiger partial charge in [0.15, 0.2) is 0 Å². The van der Waals surface area contributed by atoms with Crippen LogP contribution in [-0.4, -0.2) is 17.1 Å². The zero-order valence-corrected chi connectivity index (χ0v) is 25.0. The Morgan fingerprint density at radius 3 is 1.19 bits per heavy atom. The molecule has 3 heteroatoms. The highest BCUT2D eigenvalue weighted by atomic mass is 15.0. The van der Waals surface area contributed by atoms with Crippen LogP contribution < -0.4 is 0 Å².